The topological polar surface area (TPSA) is 133 Å². The third-order valence-corrected chi connectivity index (χ3v) is 4.44. The number of carboxylic acids is 1. The number of nitro benzene ring substituents is 1. The molecule has 0 unspecified atom stereocenters. The number of benzene rings is 1. The van der Waals surface area contributed by atoms with Gasteiger partial charge in [-0.2, -0.15) is 5.26 Å². The largest absolute Gasteiger partial charge is 0.477 e. The monoisotopic (exact) mass is 328 g/mol. The normalized spacial score (nSPS) is 10.6. The average Bonchev–Trinajstić information content (AvgIpc) is 3.08. The lowest BCUT2D eigenvalue weighted by Gasteiger charge is -1.94. The number of fused-ring (bicyclic) bond motifs is 1. The number of nitrogens with zero attached hydrogens (tertiary/aromatic N) is 3. The highest BCUT2D eigenvalue weighted by Crippen LogP contribution is 2.32. The first-order chi connectivity index (χ1) is 10.9. The third kappa shape index (κ3) is 2.41. The van der Waals surface area contributed by atoms with Gasteiger partial charge in [0.25, 0.3) is 5.69 Å². The van der Waals surface area contributed by atoms with Gasteiger partial charge in [0.05, 0.1) is 27.4 Å². The number of hydrogen-bond donors (Lipinski definition) is 2. The maximum absolute atomic E-state index is 11.1. The van der Waals surface area contributed by atoms with Crippen LogP contribution in [0.2, 0.25) is 0 Å². The molecule has 2 N–H and O–H groups in total. The summed E-state index contributed by atoms with van der Waals surface area (Å²) >= 11 is 1.00. The minimum atomic E-state index is -1.06. The van der Waals surface area contributed by atoms with Crippen LogP contribution in [0.1, 0.15) is 20.9 Å². The van der Waals surface area contributed by atoms with Crippen molar-refractivity contribution >= 4 is 33.9 Å². The molecule has 114 valence electrons. The fraction of sp³-hybridized carbons (Fsp3) is 0.0714. The number of carbonyl (C=O) groups is 1. The van der Waals surface area contributed by atoms with Crippen LogP contribution in [0.15, 0.2) is 18.2 Å². The van der Waals surface area contributed by atoms with Crippen LogP contribution < -0.4 is 0 Å². The van der Waals surface area contributed by atoms with Crippen LogP contribution in [0.25, 0.3) is 21.6 Å². The molecule has 0 atom stereocenters. The number of rotatable bonds is 3. The lowest BCUT2D eigenvalue weighted by Crippen LogP contribution is -1.94. The molecule has 0 aliphatic heterocycles. The Kier molecular flexibility index (Phi) is 3.31. The highest BCUT2D eigenvalue weighted by atomic mass is 32.1. The van der Waals surface area contributed by atoms with Crippen molar-refractivity contribution < 1.29 is 14.8 Å². The second-order valence-electron chi connectivity index (χ2n) is 4.75. The first-order valence-electron chi connectivity index (χ1n) is 6.33. The number of H-pyrrole nitrogens is 1. The molecule has 9 heteroatoms. The van der Waals surface area contributed by atoms with Gasteiger partial charge in [0, 0.05) is 17.5 Å². The molecule has 0 radical (unpaired) electrons. The van der Waals surface area contributed by atoms with E-state index in [0.29, 0.717) is 27.3 Å². The Morgan fingerprint density at radius 2 is 2.22 bits per heavy atom. The standard InChI is InChI=1S/C14H8N4O4S/c1-6-12(14(19)20)23-13(16-6)10-4-7-2-9(18(21)22)3-8(5-15)11(7)17-10/h2-4,17H,1H3,(H,19,20). The van der Waals surface area contributed by atoms with Crippen molar-refractivity contribution in [2.24, 2.45) is 0 Å². The van der Waals surface area contributed by atoms with E-state index in [4.69, 9.17) is 10.4 Å². The Labute approximate surface area is 132 Å². The molecule has 3 rings (SSSR count). The first kappa shape index (κ1) is 14.7. The Hall–Kier alpha value is -3.25. The molecule has 0 fully saturated rings. The van der Waals surface area contributed by atoms with E-state index in [1.54, 1.807) is 13.0 Å². The zero-order valence-electron chi connectivity index (χ0n) is 11.7. The van der Waals surface area contributed by atoms with E-state index < -0.39 is 10.9 Å². The summed E-state index contributed by atoms with van der Waals surface area (Å²) in [7, 11) is 0. The number of aryl methyl sites for hydroxylation is 1. The number of aromatic carboxylic acids is 1. The summed E-state index contributed by atoms with van der Waals surface area (Å²) < 4.78 is 0. The van der Waals surface area contributed by atoms with E-state index in [0.717, 1.165) is 11.3 Å². The number of nitrogens with one attached hydrogen (secondary N) is 1. The van der Waals surface area contributed by atoms with Gasteiger partial charge in [-0.1, -0.05) is 0 Å². The number of non-ortho nitro benzene ring substituents is 1. The van der Waals surface area contributed by atoms with Crippen LogP contribution in [0.5, 0.6) is 0 Å². The summed E-state index contributed by atoms with van der Waals surface area (Å²) in [6.07, 6.45) is 0. The second kappa shape index (κ2) is 5.19. The van der Waals surface area contributed by atoms with E-state index in [2.05, 4.69) is 9.97 Å². The SMILES string of the molecule is Cc1nc(-c2cc3cc([N+](=O)[O-])cc(C#N)c3[nH]2)sc1C(=O)O. The molecule has 23 heavy (non-hydrogen) atoms. The molecular formula is C14H8N4O4S. The Morgan fingerprint density at radius 1 is 1.48 bits per heavy atom. The minimum Gasteiger partial charge on any atom is -0.477 e. The lowest BCUT2D eigenvalue weighted by atomic mass is 10.1. The maximum atomic E-state index is 11.1. The van der Waals surface area contributed by atoms with Crippen LogP contribution in [-0.2, 0) is 0 Å². The summed E-state index contributed by atoms with van der Waals surface area (Å²) in [5.41, 5.74) is 1.33. The van der Waals surface area contributed by atoms with Gasteiger partial charge in [0.15, 0.2) is 0 Å². The van der Waals surface area contributed by atoms with E-state index in [9.17, 15) is 14.9 Å². The summed E-state index contributed by atoms with van der Waals surface area (Å²) in [6, 6.07) is 6.08. The van der Waals surface area contributed by atoms with Crippen molar-refractivity contribution in [2.75, 3.05) is 0 Å². The molecular weight excluding hydrogens is 320 g/mol. The van der Waals surface area contributed by atoms with Gasteiger partial charge in [-0.3, -0.25) is 10.1 Å². The van der Waals surface area contributed by atoms with Gasteiger partial charge in [-0.25, -0.2) is 9.78 Å². The van der Waals surface area contributed by atoms with Crippen molar-refractivity contribution in [3.8, 4) is 16.8 Å². The predicted octanol–water partition coefficient (Wildman–Crippen LogP) is 3.08. The van der Waals surface area contributed by atoms with Crippen molar-refractivity contribution in [2.45, 2.75) is 6.92 Å². The lowest BCUT2D eigenvalue weighted by molar-refractivity contribution is -0.384. The molecule has 2 aromatic heterocycles. The number of carboxylic acid groups (broad SMARTS) is 1. The number of aromatic amines is 1. The average molecular weight is 328 g/mol. The van der Waals surface area contributed by atoms with Gasteiger partial charge >= 0.3 is 5.97 Å². The number of thiazole rings is 1. The van der Waals surface area contributed by atoms with Gasteiger partial charge in [0.2, 0.25) is 0 Å². The molecule has 0 aliphatic carbocycles. The van der Waals surface area contributed by atoms with Crippen LogP contribution in [0.4, 0.5) is 5.69 Å². The van der Waals surface area contributed by atoms with Gasteiger partial charge in [-0.05, 0) is 13.0 Å². The van der Waals surface area contributed by atoms with E-state index in [1.807, 2.05) is 6.07 Å². The number of aromatic nitrogens is 2. The van der Waals surface area contributed by atoms with E-state index in [-0.39, 0.29) is 16.1 Å². The molecule has 0 bridgehead atoms. The Balaban J connectivity index is 2.21. The first-order valence-corrected chi connectivity index (χ1v) is 7.14. The zero-order chi connectivity index (χ0) is 16.7. The summed E-state index contributed by atoms with van der Waals surface area (Å²) in [4.78, 5) is 28.8. The highest BCUT2D eigenvalue weighted by Gasteiger charge is 2.18. The number of hydrogen-bond acceptors (Lipinski definition) is 6. The summed E-state index contributed by atoms with van der Waals surface area (Å²) in [5.74, 6) is -1.06. The molecule has 2 heterocycles. The van der Waals surface area contributed by atoms with Crippen molar-refractivity contribution in [3.63, 3.8) is 0 Å². The maximum Gasteiger partial charge on any atom is 0.347 e. The third-order valence-electron chi connectivity index (χ3n) is 3.27. The predicted molar refractivity (Wildman–Crippen MR) is 82.5 cm³/mol. The number of nitriles is 1. The van der Waals surface area contributed by atoms with Gasteiger partial charge < -0.3 is 10.1 Å². The van der Waals surface area contributed by atoms with Crippen molar-refractivity contribution in [1.82, 2.24) is 9.97 Å². The fourth-order valence-electron chi connectivity index (χ4n) is 2.25. The quantitative estimate of drug-likeness (QED) is 0.560. The Bertz CT molecular complexity index is 1010. The van der Waals surface area contributed by atoms with Crippen LogP contribution in [0.3, 0.4) is 0 Å². The summed E-state index contributed by atoms with van der Waals surface area (Å²) in [5, 5.41) is 30.1. The molecule has 0 saturated heterocycles. The smallest absolute Gasteiger partial charge is 0.347 e. The molecule has 3 aromatic rings. The molecule has 0 aliphatic rings. The van der Waals surface area contributed by atoms with Gasteiger partial charge in [0.1, 0.15) is 16.0 Å². The van der Waals surface area contributed by atoms with E-state index >= 15 is 0 Å². The summed E-state index contributed by atoms with van der Waals surface area (Å²) in [6.45, 7) is 1.59. The van der Waals surface area contributed by atoms with Crippen LogP contribution in [0, 0.1) is 28.4 Å². The minimum absolute atomic E-state index is 0.130. The molecule has 0 spiro atoms. The molecule has 0 saturated carbocycles. The fourth-order valence-corrected chi connectivity index (χ4v) is 3.12. The zero-order valence-corrected chi connectivity index (χ0v) is 12.5. The van der Waals surface area contributed by atoms with Crippen molar-refractivity contribution in [1.29, 1.82) is 5.26 Å². The van der Waals surface area contributed by atoms with Crippen molar-refractivity contribution in [3.05, 3.63) is 44.4 Å². The molecule has 8 nitrogen and oxygen atoms in total. The van der Waals surface area contributed by atoms with Crippen LogP contribution >= 0.6 is 11.3 Å². The van der Waals surface area contributed by atoms with Gasteiger partial charge in [-0.15, -0.1) is 11.3 Å². The Morgan fingerprint density at radius 3 is 2.78 bits per heavy atom. The molecule has 1 aromatic carbocycles. The number of nitro groups is 1. The van der Waals surface area contributed by atoms with Crippen LogP contribution in [-0.4, -0.2) is 26.0 Å². The molecule has 0 amide bonds. The van der Waals surface area contributed by atoms with E-state index in [1.165, 1.54) is 12.1 Å². The highest BCUT2D eigenvalue weighted by molar-refractivity contribution is 7.17. The second-order valence-corrected chi connectivity index (χ2v) is 5.75.